The first-order chi connectivity index (χ1) is 7.36. The van der Waals surface area contributed by atoms with Crippen LogP contribution in [-0.4, -0.2) is 10.2 Å². The third kappa shape index (κ3) is 2.21. The highest BCUT2D eigenvalue weighted by Crippen LogP contribution is 2.36. The predicted octanol–water partition coefficient (Wildman–Crippen LogP) is 3.53. The summed E-state index contributed by atoms with van der Waals surface area (Å²) in [5, 5.41) is 20.0. The summed E-state index contributed by atoms with van der Waals surface area (Å²) in [7, 11) is 0. The van der Waals surface area contributed by atoms with E-state index in [4.69, 9.17) is 0 Å². The summed E-state index contributed by atoms with van der Waals surface area (Å²) in [4.78, 5) is 0. The number of phenols is 2. The van der Waals surface area contributed by atoms with Crippen LogP contribution in [0.15, 0.2) is 12.2 Å². The van der Waals surface area contributed by atoms with Gasteiger partial charge in [0.2, 0.25) is 0 Å². The van der Waals surface area contributed by atoms with Gasteiger partial charge in [-0.15, -0.1) is 6.58 Å². The first-order valence-electron chi connectivity index (χ1n) is 5.51. The maximum absolute atomic E-state index is 10.1. The normalized spacial score (nSPS) is 10.5. The maximum Gasteiger partial charge on any atom is 0.122 e. The van der Waals surface area contributed by atoms with Crippen molar-refractivity contribution < 1.29 is 10.2 Å². The van der Waals surface area contributed by atoms with Gasteiger partial charge in [-0.05, 0) is 57.2 Å². The van der Waals surface area contributed by atoms with Crippen LogP contribution in [-0.2, 0) is 6.42 Å². The van der Waals surface area contributed by atoms with E-state index in [0.717, 1.165) is 40.7 Å². The Morgan fingerprint density at radius 2 is 1.50 bits per heavy atom. The molecule has 2 N–H and O–H groups in total. The molecule has 0 fully saturated rings. The zero-order valence-electron chi connectivity index (χ0n) is 10.5. The largest absolute Gasteiger partial charge is 0.507 e. The lowest BCUT2D eigenvalue weighted by Crippen LogP contribution is -1.97. The molecule has 0 heterocycles. The van der Waals surface area contributed by atoms with E-state index < -0.39 is 0 Å². The topological polar surface area (TPSA) is 40.5 Å². The van der Waals surface area contributed by atoms with Crippen LogP contribution < -0.4 is 0 Å². The van der Waals surface area contributed by atoms with Gasteiger partial charge in [0.05, 0.1) is 0 Å². The van der Waals surface area contributed by atoms with Crippen molar-refractivity contribution in [3.63, 3.8) is 0 Å². The van der Waals surface area contributed by atoms with E-state index in [1.54, 1.807) is 0 Å². The van der Waals surface area contributed by atoms with Gasteiger partial charge >= 0.3 is 0 Å². The Hall–Kier alpha value is -1.44. The zero-order chi connectivity index (χ0) is 12.5. The van der Waals surface area contributed by atoms with Crippen LogP contribution in [0.1, 0.15) is 35.6 Å². The summed E-state index contributed by atoms with van der Waals surface area (Å²) in [6.45, 7) is 11.3. The third-order valence-corrected chi connectivity index (χ3v) is 3.17. The average molecular weight is 220 g/mol. The van der Waals surface area contributed by atoms with Gasteiger partial charge in [-0.1, -0.05) is 5.57 Å². The molecule has 2 heteroatoms. The minimum Gasteiger partial charge on any atom is -0.507 e. The molecule has 0 aliphatic rings. The monoisotopic (exact) mass is 220 g/mol. The summed E-state index contributed by atoms with van der Waals surface area (Å²) in [5.41, 5.74) is 4.22. The van der Waals surface area contributed by atoms with Crippen LogP contribution >= 0.6 is 0 Å². The van der Waals surface area contributed by atoms with E-state index in [9.17, 15) is 10.2 Å². The van der Waals surface area contributed by atoms with Crippen molar-refractivity contribution in [2.24, 2.45) is 0 Å². The molecule has 0 atom stereocenters. The van der Waals surface area contributed by atoms with E-state index in [-0.39, 0.29) is 0 Å². The Morgan fingerprint density at radius 1 is 1.00 bits per heavy atom. The minimum absolute atomic E-state index is 0.298. The molecule has 0 aliphatic heterocycles. The van der Waals surface area contributed by atoms with Gasteiger partial charge < -0.3 is 10.2 Å². The van der Waals surface area contributed by atoms with E-state index in [0.29, 0.717) is 11.5 Å². The van der Waals surface area contributed by atoms with E-state index in [2.05, 4.69) is 6.58 Å². The van der Waals surface area contributed by atoms with Gasteiger partial charge in [-0.25, -0.2) is 0 Å². The molecule has 1 rings (SSSR count). The highest BCUT2D eigenvalue weighted by Gasteiger charge is 2.15. The quantitative estimate of drug-likeness (QED) is 0.604. The zero-order valence-corrected chi connectivity index (χ0v) is 10.5. The Bertz CT molecular complexity index is 402. The summed E-state index contributed by atoms with van der Waals surface area (Å²) in [6, 6.07) is 0. The Morgan fingerprint density at radius 3 is 2.00 bits per heavy atom. The molecule has 0 aliphatic carbocycles. The van der Waals surface area contributed by atoms with Crippen LogP contribution in [0.5, 0.6) is 11.5 Å². The number of benzene rings is 1. The highest BCUT2D eigenvalue weighted by molar-refractivity contribution is 5.56. The van der Waals surface area contributed by atoms with Crippen molar-refractivity contribution in [1.82, 2.24) is 0 Å². The van der Waals surface area contributed by atoms with Gasteiger partial charge in [0.15, 0.2) is 0 Å². The molecule has 0 saturated carbocycles. The SMILES string of the molecule is C=C(C)CCc1c(C)c(O)c(C)c(C)c1O. The second-order valence-electron chi connectivity index (χ2n) is 4.51. The minimum atomic E-state index is 0.298. The number of aromatic hydroxyl groups is 2. The smallest absolute Gasteiger partial charge is 0.122 e. The average Bonchev–Trinajstić information content (AvgIpc) is 2.23. The lowest BCUT2D eigenvalue weighted by Gasteiger charge is -2.15. The summed E-state index contributed by atoms with van der Waals surface area (Å²) in [6.07, 6.45) is 1.55. The summed E-state index contributed by atoms with van der Waals surface area (Å²) >= 11 is 0. The summed E-state index contributed by atoms with van der Waals surface area (Å²) in [5.74, 6) is 0.612. The molecule has 16 heavy (non-hydrogen) atoms. The molecule has 1 aromatic carbocycles. The number of hydrogen-bond donors (Lipinski definition) is 2. The third-order valence-electron chi connectivity index (χ3n) is 3.17. The highest BCUT2D eigenvalue weighted by atomic mass is 16.3. The molecule has 0 aromatic heterocycles. The predicted molar refractivity (Wildman–Crippen MR) is 67.1 cm³/mol. The van der Waals surface area contributed by atoms with Crippen molar-refractivity contribution >= 4 is 0 Å². The Kier molecular flexibility index (Phi) is 3.63. The Balaban J connectivity index is 3.23. The first kappa shape index (κ1) is 12.6. The molecule has 0 radical (unpaired) electrons. The fourth-order valence-corrected chi connectivity index (χ4v) is 1.83. The van der Waals surface area contributed by atoms with Crippen LogP contribution in [0.25, 0.3) is 0 Å². The van der Waals surface area contributed by atoms with Crippen LogP contribution in [0.2, 0.25) is 0 Å². The summed E-state index contributed by atoms with van der Waals surface area (Å²) < 4.78 is 0. The van der Waals surface area contributed by atoms with Gasteiger partial charge in [-0.2, -0.15) is 0 Å². The molecule has 0 saturated heterocycles. The molecule has 0 unspecified atom stereocenters. The van der Waals surface area contributed by atoms with Gasteiger partial charge in [0.25, 0.3) is 0 Å². The van der Waals surface area contributed by atoms with Crippen LogP contribution in [0.4, 0.5) is 0 Å². The first-order valence-corrected chi connectivity index (χ1v) is 5.51. The Labute approximate surface area is 97.2 Å². The second kappa shape index (κ2) is 4.60. The maximum atomic E-state index is 10.1. The van der Waals surface area contributed by atoms with Crippen LogP contribution in [0.3, 0.4) is 0 Å². The van der Waals surface area contributed by atoms with E-state index in [1.807, 2.05) is 27.7 Å². The second-order valence-corrected chi connectivity index (χ2v) is 4.51. The van der Waals surface area contributed by atoms with E-state index >= 15 is 0 Å². The number of hydrogen-bond acceptors (Lipinski definition) is 2. The number of allylic oxidation sites excluding steroid dienone is 1. The number of phenolic OH excluding ortho intramolecular Hbond substituents is 2. The molecule has 88 valence electrons. The molecule has 0 spiro atoms. The number of rotatable bonds is 3. The fourth-order valence-electron chi connectivity index (χ4n) is 1.83. The standard InChI is InChI=1S/C14H20O2/c1-8(2)6-7-12-11(5)13(15)9(3)10(4)14(12)16/h15-16H,1,6-7H2,2-5H3. The van der Waals surface area contributed by atoms with Crippen molar-refractivity contribution in [1.29, 1.82) is 0 Å². The molecule has 0 bridgehead atoms. The molecule has 1 aromatic rings. The molecular weight excluding hydrogens is 200 g/mol. The van der Waals surface area contributed by atoms with Crippen molar-refractivity contribution in [3.8, 4) is 11.5 Å². The van der Waals surface area contributed by atoms with Crippen molar-refractivity contribution in [2.45, 2.75) is 40.5 Å². The fraction of sp³-hybridized carbons (Fsp3) is 0.429. The molecular formula is C14H20O2. The lowest BCUT2D eigenvalue weighted by molar-refractivity contribution is 0.443. The van der Waals surface area contributed by atoms with Crippen LogP contribution in [0, 0.1) is 20.8 Å². The lowest BCUT2D eigenvalue weighted by atomic mass is 9.94. The van der Waals surface area contributed by atoms with Crippen molar-refractivity contribution in [3.05, 3.63) is 34.4 Å². The van der Waals surface area contributed by atoms with Crippen molar-refractivity contribution in [2.75, 3.05) is 0 Å². The van der Waals surface area contributed by atoms with Gasteiger partial charge in [0.1, 0.15) is 11.5 Å². The molecule has 2 nitrogen and oxygen atoms in total. The van der Waals surface area contributed by atoms with E-state index in [1.165, 1.54) is 0 Å². The molecule has 0 amide bonds. The van der Waals surface area contributed by atoms with Gasteiger partial charge in [0, 0.05) is 5.56 Å². The van der Waals surface area contributed by atoms with Gasteiger partial charge in [-0.3, -0.25) is 0 Å².